The Bertz CT molecular complexity index is 482. The molecular weight excluding hydrogens is 401 g/mol. The van der Waals surface area contributed by atoms with Crippen molar-refractivity contribution in [2.75, 3.05) is 6.61 Å². The van der Waals surface area contributed by atoms with Crippen LogP contribution in [0.2, 0.25) is 0 Å². The Morgan fingerprint density at radius 2 is 2.16 bits per heavy atom. The molecule has 1 aromatic rings. The SMILES string of the molecule is CCOC(=O)c1cc(OC(F)(F)F)nc(CCl)c1I. The van der Waals surface area contributed by atoms with Crippen LogP contribution in [0.25, 0.3) is 0 Å². The topological polar surface area (TPSA) is 48.4 Å². The molecule has 0 aromatic carbocycles. The van der Waals surface area contributed by atoms with Crippen molar-refractivity contribution < 1.29 is 27.4 Å². The van der Waals surface area contributed by atoms with Gasteiger partial charge in [-0.3, -0.25) is 0 Å². The smallest absolute Gasteiger partial charge is 0.462 e. The predicted octanol–water partition coefficient (Wildman–Crippen LogP) is 3.50. The van der Waals surface area contributed by atoms with Crippen LogP contribution < -0.4 is 4.74 Å². The van der Waals surface area contributed by atoms with Gasteiger partial charge in [0.05, 0.1) is 27.3 Å². The molecule has 0 aliphatic heterocycles. The van der Waals surface area contributed by atoms with Crippen molar-refractivity contribution in [1.82, 2.24) is 4.98 Å². The summed E-state index contributed by atoms with van der Waals surface area (Å²) in [6.07, 6.45) is -4.89. The fourth-order valence-corrected chi connectivity index (χ4v) is 2.28. The molecule has 0 bridgehead atoms. The molecule has 0 saturated heterocycles. The van der Waals surface area contributed by atoms with Crippen LogP contribution in [0.15, 0.2) is 6.07 Å². The third-order valence-electron chi connectivity index (χ3n) is 1.85. The van der Waals surface area contributed by atoms with Crippen LogP contribution in [-0.2, 0) is 10.6 Å². The summed E-state index contributed by atoms with van der Waals surface area (Å²) in [6, 6.07) is 0.878. The molecule has 0 atom stereocenters. The highest BCUT2D eigenvalue weighted by atomic mass is 127. The normalized spacial score (nSPS) is 11.3. The zero-order chi connectivity index (χ0) is 14.6. The van der Waals surface area contributed by atoms with E-state index in [2.05, 4.69) is 9.72 Å². The van der Waals surface area contributed by atoms with E-state index >= 15 is 0 Å². The summed E-state index contributed by atoms with van der Waals surface area (Å²) < 4.78 is 45.2. The van der Waals surface area contributed by atoms with E-state index in [1.807, 2.05) is 0 Å². The summed E-state index contributed by atoms with van der Waals surface area (Å²) in [5.41, 5.74) is 0.0550. The number of rotatable bonds is 4. The van der Waals surface area contributed by atoms with E-state index in [0.717, 1.165) is 6.07 Å². The quantitative estimate of drug-likeness (QED) is 0.434. The van der Waals surface area contributed by atoms with Crippen LogP contribution in [0.3, 0.4) is 0 Å². The van der Waals surface area contributed by atoms with E-state index in [1.54, 1.807) is 29.5 Å². The zero-order valence-electron chi connectivity index (χ0n) is 9.55. The van der Waals surface area contributed by atoms with Crippen molar-refractivity contribution in [3.63, 3.8) is 0 Å². The lowest BCUT2D eigenvalue weighted by Crippen LogP contribution is -2.19. The second kappa shape index (κ2) is 6.60. The first-order valence-electron chi connectivity index (χ1n) is 4.96. The second-order valence-electron chi connectivity index (χ2n) is 3.17. The number of halogens is 5. The third-order valence-corrected chi connectivity index (χ3v) is 3.30. The lowest BCUT2D eigenvalue weighted by atomic mass is 10.2. The van der Waals surface area contributed by atoms with E-state index in [0.29, 0.717) is 3.57 Å². The largest absolute Gasteiger partial charge is 0.574 e. The maximum atomic E-state index is 12.1. The molecule has 1 rings (SSSR count). The number of esters is 1. The molecule has 9 heteroatoms. The number of hydrogen-bond acceptors (Lipinski definition) is 4. The minimum atomic E-state index is -4.89. The molecule has 0 N–H and O–H groups in total. The average molecular weight is 410 g/mol. The highest BCUT2D eigenvalue weighted by Gasteiger charge is 2.33. The highest BCUT2D eigenvalue weighted by molar-refractivity contribution is 14.1. The Morgan fingerprint density at radius 3 is 2.63 bits per heavy atom. The Morgan fingerprint density at radius 1 is 1.53 bits per heavy atom. The maximum absolute atomic E-state index is 12.1. The van der Waals surface area contributed by atoms with Crippen LogP contribution in [-0.4, -0.2) is 23.9 Å². The molecule has 0 aliphatic carbocycles. The molecular formula is C10H8ClF3INO3. The number of pyridine rings is 1. The van der Waals surface area contributed by atoms with Gasteiger partial charge in [-0.05, 0) is 29.5 Å². The van der Waals surface area contributed by atoms with Gasteiger partial charge in [0.2, 0.25) is 5.88 Å². The highest BCUT2D eigenvalue weighted by Crippen LogP contribution is 2.27. The van der Waals surface area contributed by atoms with Gasteiger partial charge in [-0.1, -0.05) is 0 Å². The molecule has 106 valence electrons. The zero-order valence-corrected chi connectivity index (χ0v) is 12.5. The van der Waals surface area contributed by atoms with Crippen molar-refractivity contribution in [1.29, 1.82) is 0 Å². The Balaban J connectivity index is 3.22. The van der Waals surface area contributed by atoms with E-state index in [4.69, 9.17) is 16.3 Å². The lowest BCUT2D eigenvalue weighted by molar-refractivity contribution is -0.276. The van der Waals surface area contributed by atoms with E-state index in [9.17, 15) is 18.0 Å². The van der Waals surface area contributed by atoms with Gasteiger partial charge < -0.3 is 9.47 Å². The molecule has 19 heavy (non-hydrogen) atoms. The molecule has 0 radical (unpaired) electrons. The monoisotopic (exact) mass is 409 g/mol. The van der Waals surface area contributed by atoms with Crippen LogP contribution >= 0.6 is 34.2 Å². The van der Waals surface area contributed by atoms with Crippen LogP contribution in [0, 0.1) is 3.57 Å². The Labute approximate surface area is 125 Å². The number of carbonyl (C=O) groups is 1. The van der Waals surface area contributed by atoms with E-state index in [-0.39, 0.29) is 23.7 Å². The number of aromatic nitrogens is 1. The van der Waals surface area contributed by atoms with Gasteiger partial charge in [-0.25, -0.2) is 9.78 Å². The van der Waals surface area contributed by atoms with Crippen molar-refractivity contribution in [2.24, 2.45) is 0 Å². The Kier molecular flexibility index (Phi) is 5.65. The van der Waals surface area contributed by atoms with E-state index in [1.165, 1.54) is 0 Å². The fraction of sp³-hybridized carbons (Fsp3) is 0.400. The summed E-state index contributed by atoms with van der Waals surface area (Å²) in [7, 11) is 0. The molecule has 1 heterocycles. The second-order valence-corrected chi connectivity index (χ2v) is 4.52. The predicted molar refractivity (Wildman–Crippen MR) is 69.2 cm³/mol. The summed E-state index contributed by atoms with van der Waals surface area (Å²) in [5.74, 6) is -1.65. The van der Waals surface area contributed by atoms with Crippen molar-refractivity contribution in [3.05, 3.63) is 20.9 Å². The van der Waals surface area contributed by atoms with Gasteiger partial charge >= 0.3 is 12.3 Å². The van der Waals surface area contributed by atoms with E-state index < -0.39 is 18.2 Å². The standard InChI is InChI=1S/C10H8ClF3INO3/c1-2-18-9(17)5-3-7(19-10(12,13)14)16-6(4-11)8(5)15/h3H,2,4H2,1H3. The number of hydrogen-bond donors (Lipinski definition) is 0. The first kappa shape index (κ1) is 16.3. The summed E-state index contributed by atoms with van der Waals surface area (Å²) in [4.78, 5) is 15.2. The lowest BCUT2D eigenvalue weighted by Gasteiger charge is -2.12. The summed E-state index contributed by atoms with van der Waals surface area (Å²) >= 11 is 7.34. The first-order valence-corrected chi connectivity index (χ1v) is 6.58. The van der Waals surface area contributed by atoms with Gasteiger partial charge in [-0.15, -0.1) is 24.8 Å². The van der Waals surface area contributed by atoms with Gasteiger partial charge in [0.25, 0.3) is 0 Å². The molecule has 1 aromatic heterocycles. The van der Waals surface area contributed by atoms with Crippen molar-refractivity contribution in [2.45, 2.75) is 19.2 Å². The van der Waals surface area contributed by atoms with Gasteiger partial charge in [0.1, 0.15) is 0 Å². The summed E-state index contributed by atoms with van der Waals surface area (Å²) in [6.45, 7) is 1.68. The molecule has 0 aliphatic rings. The fourth-order valence-electron chi connectivity index (χ4n) is 1.17. The molecule has 0 amide bonds. The van der Waals surface area contributed by atoms with Crippen molar-refractivity contribution >= 4 is 40.2 Å². The number of nitrogens with zero attached hydrogens (tertiary/aromatic N) is 1. The van der Waals surface area contributed by atoms with Gasteiger partial charge in [0, 0.05) is 6.07 Å². The van der Waals surface area contributed by atoms with Gasteiger partial charge in [0.15, 0.2) is 0 Å². The first-order chi connectivity index (χ1) is 8.78. The van der Waals surface area contributed by atoms with Crippen LogP contribution in [0.4, 0.5) is 13.2 Å². The minimum Gasteiger partial charge on any atom is -0.462 e. The Hall–Kier alpha value is -0.770. The van der Waals surface area contributed by atoms with Crippen LogP contribution in [0.1, 0.15) is 23.0 Å². The molecule has 0 saturated carbocycles. The molecule has 0 fully saturated rings. The number of alkyl halides is 4. The average Bonchev–Trinajstić information content (AvgIpc) is 2.29. The number of carbonyl (C=O) groups excluding carboxylic acids is 1. The maximum Gasteiger partial charge on any atom is 0.574 e. The summed E-state index contributed by atoms with van der Waals surface area (Å²) in [5, 5.41) is 0. The van der Waals surface area contributed by atoms with Crippen molar-refractivity contribution in [3.8, 4) is 5.88 Å². The van der Waals surface area contributed by atoms with Gasteiger partial charge in [-0.2, -0.15) is 0 Å². The molecule has 0 unspecified atom stereocenters. The molecule has 0 spiro atoms. The van der Waals surface area contributed by atoms with Crippen LogP contribution in [0.5, 0.6) is 5.88 Å². The molecule has 4 nitrogen and oxygen atoms in total. The minimum absolute atomic E-state index is 0.0626. The third kappa shape index (κ3) is 4.68. The number of ether oxygens (including phenoxy) is 2.